The summed E-state index contributed by atoms with van der Waals surface area (Å²) in [5, 5.41) is 2.02. The molecule has 1 aliphatic rings. The van der Waals surface area contributed by atoms with Crippen LogP contribution in [0.4, 0.5) is 0 Å². The number of imidazole rings is 1. The fourth-order valence-electron chi connectivity index (χ4n) is 3.42. The van der Waals surface area contributed by atoms with Gasteiger partial charge < -0.3 is 9.47 Å². The number of aryl methyl sites for hydroxylation is 1. The van der Waals surface area contributed by atoms with Gasteiger partial charge in [-0.1, -0.05) is 18.2 Å². The number of amides is 1. The molecule has 0 unspecified atom stereocenters. The molecule has 5 heteroatoms. The second-order valence-corrected chi connectivity index (χ2v) is 7.07. The minimum absolute atomic E-state index is 0.0907. The molecular weight excluding hydrogens is 318 g/mol. The number of hydrogen-bond acceptors (Lipinski definition) is 3. The molecule has 3 heterocycles. The van der Waals surface area contributed by atoms with Gasteiger partial charge in [0.05, 0.1) is 17.1 Å². The second-order valence-electron chi connectivity index (χ2n) is 6.09. The SMILES string of the molecule is Cc1nc2ccccc2n1[C@H]1CCN(C(=O)/C=C/c2cccs2)C1. The lowest BCUT2D eigenvalue weighted by molar-refractivity contribution is -0.125. The number of thiophene rings is 1. The van der Waals surface area contributed by atoms with Gasteiger partial charge in [-0.05, 0) is 43.0 Å². The molecule has 0 bridgehead atoms. The third-order valence-corrected chi connectivity index (χ3v) is 5.38. The summed E-state index contributed by atoms with van der Waals surface area (Å²) in [5.41, 5.74) is 2.18. The fourth-order valence-corrected chi connectivity index (χ4v) is 4.04. The lowest BCUT2D eigenvalue weighted by Crippen LogP contribution is -2.27. The lowest BCUT2D eigenvalue weighted by Gasteiger charge is -2.17. The highest BCUT2D eigenvalue weighted by molar-refractivity contribution is 7.10. The highest BCUT2D eigenvalue weighted by Gasteiger charge is 2.28. The van der Waals surface area contributed by atoms with Crippen LogP contribution in [-0.4, -0.2) is 33.4 Å². The molecule has 2 aromatic heterocycles. The van der Waals surface area contributed by atoms with E-state index in [1.807, 2.05) is 53.6 Å². The first-order chi connectivity index (χ1) is 11.7. The predicted octanol–water partition coefficient (Wildman–Crippen LogP) is 3.89. The summed E-state index contributed by atoms with van der Waals surface area (Å²) in [7, 11) is 0. The summed E-state index contributed by atoms with van der Waals surface area (Å²) in [6, 6.07) is 12.5. The summed E-state index contributed by atoms with van der Waals surface area (Å²) >= 11 is 1.64. The van der Waals surface area contributed by atoms with Gasteiger partial charge in [0.1, 0.15) is 5.82 Å². The summed E-state index contributed by atoms with van der Waals surface area (Å²) in [6.45, 7) is 3.58. The molecule has 1 saturated heterocycles. The van der Waals surface area contributed by atoms with Crippen molar-refractivity contribution in [1.29, 1.82) is 0 Å². The molecular formula is C19H19N3OS. The first-order valence-electron chi connectivity index (χ1n) is 8.16. The summed E-state index contributed by atoms with van der Waals surface area (Å²) in [5.74, 6) is 1.11. The van der Waals surface area contributed by atoms with Crippen molar-refractivity contribution in [2.75, 3.05) is 13.1 Å². The van der Waals surface area contributed by atoms with E-state index in [1.54, 1.807) is 17.4 Å². The molecule has 1 aliphatic heterocycles. The number of benzene rings is 1. The Morgan fingerprint density at radius 1 is 1.29 bits per heavy atom. The van der Waals surface area contributed by atoms with Gasteiger partial charge in [0.25, 0.3) is 0 Å². The van der Waals surface area contributed by atoms with Gasteiger partial charge in [0.2, 0.25) is 5.91 Å². The first-order valence-corrected chi connectivity index (χ1v) is 9.04. The molecule has 0 N–H and O–H groups in total. The number of likely N-dealkylation sites (tertiary alicyclic amines) is 1. The van der Waals surface area contributed by atoms with Gasteiger partial charge in [-0.3, -0.25) is 4.79 Å². The summed E-state index contributed by atoms with van der Waals surface area (Å²) in [6.07, 6.45) is 4.56. The average Bonchev–Trinajstić information content (AvgIpc) is 3.31. The number of aromatic nitrogens is 2. The van der Waals surface area contributed by atoms with Gasteiger partial charge in [-0.15, -0.1) is 11.3 Å². The number of carbonyl (C=O) groups is 1. The molecule has 0 saturated carbocycles. The lowest BCUT2D eigenvalue weighted by atomic mass is 10.2. The van der Waals surface area contributed by atoms with Crippen LogP contribution in [0.3, 0.4) is 0 Å². The maximum absolute atomic E-state index is 12.4. The van der Waals surface area contributed by atoms with Crippen molar-refractivity contribution in [3.8, 4) is 0 Å². The van der Waals surface area contributed by atoms with Crippen LogP contribution in [0.2, 0.25) is 0 Å². The minimum Gasteiger partial charge on any atom is -0.337 e. The molecule has 24 heavy (non-hydrogen) atoms. The van der Waals surface area contributed by atoms with E-state index in [0.717, 1.165) is 41.2 Å². The largest absolute Gasteiger partial charge is 0.337 e. The van der Waals surface area contributed by atoms with Crippen LogP contribution >= 0.6 is 11.3 Å². The number of carbonyl (C=O) groups excluding carboxylic acids is 1. The highest BCUT2D eigenvalue weighted by atomic mass is 32.1. The van der Waals surface area contributed by atoms with E-state index in [2.05, 4.69) is 15.6 Å². The smallest absolute Gasteiger partial charge is 0.246 e. The van der Waals surface area contributed by atoms with Crippen LogP contribution in [-0.2, 0) is 4.79 Å². The maximum Gasteiger partial charge on any atom is 0.246 e. The topological polar surface area (TPSA) is 38.1 Å². The Morgan fingerprint density at radius 2 is 2.17 bits per heavy atom. The molecule has 4 rings (SSSR count). The monoisotopic (exact) mass is 337 g/mol. The predicted molar refractivity (Wildman–Crippen MR) is 98.1 cm³/mol. The molecule has 1 atom stereocenters. The van der Waals surface area contributed by atoms with E-state index < -0.39 is 0 Å². The van der Waals surface area contributed by atoms with E-state index in [0.29, 0.717) is 6.04 Å². The Balaban J connectivity index is 1.51. The molecule has 1 fully saturated rings. The molecule has 1 aromatic carbocycles. The van der Waals surface area contributed by atoms with E-state index in [-0.39, 0.29) is 5.91 Å². The van der Waals surface area contributed by atoms with Crippen LogP contribution in [0.15, 0.2) is 47.9 Å². The minimum atomic E-state index is 0.0907. The Labute approximate surface area is 145 Å². The van der Waals surface area contributed by atoms with E-state index in [4.69, 9.17) is 0 Å². The quantitative estimate of drug-likeness (QED) is 0.680. The van der Waals surface area contributed by atoms with E-state index in [1.165, 1.54) is 0 Å². The van der Waals surface area contributed by atoms with Crippen LogP contribution in [0.1, 0.15) is 23.2 Å². The number of rotatable bonds is 3. The zero-order valence-electron chi connectivity index (χ0n) is 13.6. The Bertz CT molecular complexity index is 895. The van der Waals surface area contributed by atoms with Crippen molar-refractivity contribution in [3.05, 3.63) is 58.6 Å². The normalized spacial score (nSPS) is 18.0. The van der Waals surface area contributed by atoms with Crippen molar-refractivity contribution >= 4 is 34.4 Å². The molecule has 4 nitrogen and oxygen atoms in total. The Kier molecular flexibility index (Phi) is 3.94. The Morgan fingerprint density at radius 3 is 3.00 bits per heavy atom. The van der Waals surface area contributed by atoms with Gasteiger partial charge in [0, 0.05) is 24.0 Å². The van der Waals surface area contributed by atoms with Gasteiger partial charge >= 0.3 is 0 Å². The van der Waals surface area contributed by atoms with Crippen LogP contribution in [0, 0.1) is 6.92 Å². The number of hydrogen-bond donors (Lipinski definition) is 0. The molecule has 0 aliphatic carbocycles. The second kappa shape index (κ2) is 6.24. The van der Waals surface area contributed by atoms with Crippen molar-refractivity contribution in [2.45, 2.75) is 19.4 Å². The van der Waals surface area contributed by atoms with Gasteiger partial charge in [-0.2, -0.15) is 0 Å². The van der Waals surface area contributed by atoms with Crippen molar-refractivity contribution in [3.63, 3.8) is 0 Å². The van der Waals surface area contributed by atoms with Crippen molar-refractivity contribution < 1.29 is 4.79 Å². The first kappa shape index (κ1) is 15.1. The molecule has 122 valence electrons. The van der Waals surface area contributed by atoms with Crippen molar-refractivity contribution in [2.24, 2.45) is 0 Å². The van der Waals surface area contributed by atoms with Gasteiger partial charge in [0.15, 0.2) is 0 Å². The van der Waals surface area contributed by atoms with E-state index in [9.17, 15) is 4.79 Å². The molecule has 0 spiro atoms. The zero-order chi connectivity index (χ0) is 16.5. The standard InChI is InChI=1S/C19H19N3OS/c1-14-20-17-6-2-3-7-18(17)22(14)15-10-11-21(13-15)19(23)9-8-16-5-4-12-24-16/h2-9,12,15H,10-11,13H2,1H3/b9-8+/t15-/m0/s1. The fraction of sp³-hybridized carbons (Fsp3) is 0.263. The maximum atomic E-state index is 12.4. The van der Waals surface area contributed by atoms with E-state index >= 15 is 0 Å². The zero-order valence-corrected chi connectivity index (χ0v) is 14.4. The van der Waals surface area contributed by atoms with Crippen LogP contribution in [0.5, 0.6) is 0 Å². The third-order valence-electron chi connectivity index (χ3n) is 4.55. The summed E-state index contributed by atoms with van der Waals surface area (Å²) in [4.78, 5) is 20.1. The molecule has 1 amide bonds. The average molecular weight is 337 g/mol. The van der Waals surface area contributed by atoms with Gasteiger partial charge in [-0.25, -0.2) is 4.98 Å². The van der Waals surface area contributed by atoms with Crippen LogP contribution < -0.4 is 0 Å². The molecule has 0 radical (unpaired) electrons. The summed E-state index contributed by atoms with van der Waals surface area (Å²) < 4.78 is 2.28. The Hall–Kier alpha value is -2.40. The highest BCUT2D eigenvalue weighted by Crippen LogP contribution is 2.28. The van der Waals surface area contributed by atoms with Crippen LogP contribution in [0.25, 0.3) is 17.1 Å². The number of para-hydroxylation sites is 2. The number of nitrogens with zero attached hydrogens (tertiary/aromatic N) is 3. The van der Waals surface area contributed by atoms with Crippen molar-refractivity contribution in [1.82, 2.24) is 14.5 Å². The number of fused-ring (bicyclic) bond motifs is 1. The third kappa shape index (κ3) is 2.76. The molecule has 3 aromatic rings.